The summed E-state index contributed by atoms with van der Waals surface area (Å²) in [6.45, 7) is 5.90. The summed E-state index contributed by atoms with van der Waals surface area (Å²) >= 11 is 12.4. The van der Waals surface area contributed by atoms with Crippen LogP contribution >= 0.6 is 23.2 Å². The number of rotatable bonds is 9. The van der Waals surface area contributed by atoms with Gasteiger partial charge in [0.15, 0.2) is 6.61 Å². The first-order chi connectivity index (χ1) is 15.8. The molecule has 178 valence electrons. The number of ether oxygens (including phenoxy) is 1. The molecule has 3 rings (SSSR count). The number of carbonyl (C=O) groups is 2. The normalized spacial score (nSPS) is 14.7. The van der Waals surface area contributed by atoms with E-state index in [1.807, 2.05) is 39.0 Å². The molecule has 7 heteroatoms. The molecule has 1 atom stereocenters. The Morgan fingerprint density at radius 3 is 2.48 bits per heavy atom. The Balaban J connectivity index is 1.80. The second kappa shape index (κ2) is 11.8. The summed E-state index contributed by atoms with van der Waals surface area (Å²) in [5.41, 5.74) is 2.81. The van der Waals surface area contributed by atoms with Gasteiger partial charge in [0.05, 0.1) is 0 Å². The van der Waals surface area contributed by atoms with Crippen LogP contribution in [0.1, 0.15) is 55.7 Å². The van der Waals surface area contributed by atoms with E-state index in [-0.39, 0.29) is 31.0 Å². The smallest absolute Gasteiger partial charge is 0.261 e. The van der Waals surface area contributed by atoms with Crippen LogP contribution in [-0.4, -0.2) is 35.4 Å². The maximum absolute atomic E-state index is 13.4. The van der Waals surface area contributed by atoms with Gasteiger partial charge in [-0.2, -0.15) is 0 Å². The lowest BCUT2D eigenvalue weighted by Gasteiger charge is -2.31. The minimum atomic E-state index is -0.618. The van der Waals surface area contributed by atoms with Crippen molar-refractivity contribution in [2.45, 2.75) is 71.5 Å². The van der Waals surface area contributed by atoms with Crippen molar-refractivity contribution in [3.05, 3.63) is 63.1 Å². The summed E-state index contributed by atoms with van der Waals surface area (Å²) in [7, 11) is 0. The molecule has 0 unspecified atom stereocenters. The average molecular weight is 491 g/mol. The number of aryl methyl sites for hydroxylation is 2. The topological polar surface area (TPSA) is 58.6 Å². The lowest BCUT2D eigenvalue weighted by atomic mass is 10.1. The zero-order chi connectivity index (χ0) is 24.0. The molecule has 1 aliphatic carbocycles. The number of nitrogens with zero attached hydrogens (tertiary/aromatic N) is 1. The second-order valence-corrected chi connectivity index (χ2v) is 9.57. The van der Waals surface area contributed by atoms with Crippen LogP contribution in [0.15, 0.2) is 36.4 Å². The fraction of sp³-hybridized carbons (Fsp3) is 0.462. The Morgan fingerprint density at radius 2 is 1.85 bits per heavy atom. The van der Waals surface area contributed by atoms with Gasteiger partial charge in [-0.3, -0.25) is 9.59 Å². The van der Waals surface area contributed by atoms with Crippen LogP contribution in [0.3, 0.4) is 0 Å². The van der Waals surface area contributed by atoms with Crippen molar-refractivity contribution in [2.24, 2.45) is 0 Å². The van der Waals surface area contributed by atoms with E-state index in [4.69, 9.17) is 27.9 Å². The van der Waals surface area contributed by atoms with E-state index in [0.717, 1.165) is 42.4 Å². The first kappa shape index (κ1) is 25.4. The summed E-state index contributed by atoms with van der Waals surface area (Å²) in [6.07, 6.45) is 4.69. The Morgan fingerprint density at radius 1 is 1.12 bits per heavy atom. The van der Waals surface area contributed by atoms with Gasteiger partial charge in [0.25, 0.3) is 5.91 Å². The zero-order valence-corrected chi connectivity index (χ0v) is 21.0. The van der Waals surface area contributed by atoms with Gasteiger partial charge in [-0.15, -0.1) is 0 Å². The third-order valence-corrected chi connectivity index (χ3v) is 6.71. The SMILES string of the molecule is CC[C@@H](C(=O)NC1CCCC1)N(Cc1ccc(Cl)cc1Cl)C(=O)COc1ccc(C)cc1C. The predicted octanol–water partition coefficient (Wildman–Crippen LogP) is 5.86. The van der Waals surface area contributed by atoms with Crippen molar-refractivity contribution >= 4 is 35.0 Å². The Kier molecular flexibility index (Phi) is 9.04. The van der Waals surface area contributed by atoms with Crippen molar-refractivity contribution in [1.82, 2.24) is 10.2 Å². The van der Waals surface area contributed by atoms with E-state index in [2.05, 4.69) is 5.32 Å². The summed E-state index contributed by atoms with van der Waals surface area (Å²) in [6, 6.07) is 10.5. The summed E-state index contributed by atoms with van der Waals surface area (Å²) in [5, 5.41) is 4.12. The average Bonchev–Trinajstić information content (AvgIpc) is 3.27. The molecular weight excluding hydrogens is 459 g/mol. The molecule has 1 aliphatic rings. The van der Waals surface area contributed by atoms with Gasteiger partial charge >= 0.3 is 0 Å². The number of hydrogen-bond acceptors (Lipinski definition) is 3. The highest BCUT2D eigenvalue weighted by atomic mass is 35.5. The minimum absolute atomic E-state index is 0.130. The molecular formula is C26H32Cl2N2O3. The molecule has 0 aliphatic heterocycles. The van der Waals surface area contributed by atoms with Crippen LogP contribution in [0, 0.1) is 13.8 Å². The molecule has 33 heavy (non-hydrogen) atoms. The number of amides is 2. The van der Waals surface area contributed by atoms with Crippen molar-refractivity contribution in [3.8, 4) is 5.75 Å². The molecule has 2 amide bonds. The molecule has 0 radical (unpaired) electrons. The Hall–Kier alpha value is -2.24. The van der Waals surface area contributed by atoms with Crippen LogP contribution in [0.5, 0.6) is 5.75 Å². The molecule has 1 N–H and O–H groups in total. The lowest BCUT2D eigenvalue weighted by Crippen LogP contribution is -2.52. The molecule has 0 saturated heterocycles. The van der Waals surface area contributed by atoms with Crippen molar-refractivity contribution < 1.29 is 14.3 Å². The third kappa shape index (κ3) is 6.87. The van der Waals surface area contributed by atoms with Crippen molar-refractivity contribution in [1.29, 1.82) is 0 Å². The monoisotopic (exact) mass is 490 g/mol. The van der Waals surface area contributed by atoms with Crippen molar-refractivity contribution in [2.75, 3.05) is 6.61 Å². The quantitative estimate of drug-likeness (QED) is 0.479. The summed E-state index contributed by atoms with van der Waals surface area (Å²) < 4.78 is 5.85. The number of hydrogen-bond donors (Lipinski definition) is 1. The highest BCUT2D eigenvalue weighted by Crippen LogP contribution is 2.25. The molecule has 2 aromatic carbocycles. The van der Waals surface area contributed by atoms with E-state index in [0.29, 0.717) is 22.2 Å². The van der Waals surface area contributed by atoms with Gasteiger partial charge in [-0.1, -0.05) is 66.7 Å². The first-order valence-corrected chi connectivity index (χ1v) is 12.3. The molecule has 2 aromatic rings. The highest BCUT2D eigenvalue weighted by molar-refractivity contribution is 6.35. The molecule has 5 nitrogen and oxygen atoms in total. The van der Waals surface area contributed by atoms with Crippen LogP contribution < -0.4 is 10.1 Å². The van der Waals surface area contributed by atoms with E-state index in [1.54, 1.807) is 23.1 Å². The maximum Gasteiger partial charge on any atom is 0.261 e. The lowest BCUT2D eigenvalue weighted by molar-refractivity contribution is -0.143. The highest BCUT2D eigenvalue weighted by Gasteiger charge is 2.31. The summed E-state index contributed by atoms with van der Waals surface area (Å²) in [5.74, 6) is 0.255. The van der Waals surface area contributed by atoms with Crippen LogP contribution in [0.25, 0.3) is 0 Å². The zero-order valence-electron chi connectivity index (χ0n) is 19.5. The number of halogens is 2. The van der Waals surface area contributed by atoms with E-state index < -0.39 is 6.04 Å². The van der Waals surface area contributed by atoms with Gasteiger partial charge in [-0.05, 0) is 62.4 Å². The Labute approximate surface area is 206 Å². The number of nitrogens with one attached hydrogen (secondary N) is 1. The third-order valence-electron chi connectivity index (χ3n) is 6.12. The molecule has 0 spiro atoms. The van der Waals surface area contributed by atoms with Gasteiger partial charge in [0, 0.05) is 22.6 Å². The van der Waals surface area contributed by atoms with Gasteiger partial charge in [-0.25, -0.2) is 0 Å². The molecule has 0 aromatic heterocycles. The summed E-state index contributed by atoms with van der Waals surface area (Å²) in [4.78, 5) is 28.1. The van der Waals surface area contributed by atoms with E-state index >= 15 is 0 Å². The number of carbonyl (C=O) groups excluding carboxylic acids is 2. The Bertz CT molecular complexity index is 989. The van der Waals surface area contributed by atoms with Crippen LogP contribution in [-0.2, 0) is 16.1 Å². The van der Waals surface area contributed by atoms with Crippen LogP contribution in [0.2, 0.25) is 10.0 Å². The predicted molar refractivity (Wildman–Crippen MR) is 133 cm³/mol. The molecule has 0 heterocycles. The fourth-order valence-electron chi connectivity index (χ4n) is 4.30. The van der Waals surface area contributed by atoms with Crippen molar-refractivity contribution in [3.63, 3.8) is 0 Å². The molecule has 0 bridgehead atoms. The maximum atomic E-state index is 13.4. The van der Waals surface area contributed by atoms with E-state index in [1.165, 1.54) is 0 Å². The molecule has 1 saturated carbocycles. The fourth-order valence-corrected chi connectivity index (χ4v) is 4.77. The largest absolute Gasteiger partial charge is 0.483 e. The standard InChI is InChI=1S/C26H32Cl2N2O3/c1-4-23(26(32)29-21-7-5-6-8-21)30(15-19-10-11-20(27)14-22(19)28)25(31)16-33-24-12-9-17(2)13-18(24)3/h9-14,21,23H,4-8,15-16H2,1-3H3,(H,29,32)/t23-/m0/s1. The molecule has 1 fully saturated rings. The van der Waals surface area contributed by atoms with Gasteiger partial charge in [0.1, 0.15) is 11.8 Å². The van der Waals surface area contributed by atoms with Crippen LogP contribution in [0.4, 0.5) is 0 Å². The van der Waals surface area contributed by atoms with Gasteiger partial charge < -0.3 is 15.0 Å². The minimum Gasteiger partial charge on any atom is -0.483 e. The second-order valence-electron chi connectivity index (χ2n) is 8.73. The number of benzene rings is 2. The first-order valence-electron chi connectivity index (χ1n) is 11.5. The van der Waals surface area contributed by atoms with E-state index in [9.17, 15) is 9.59 Å². The van der Waals surface area contributed by atoms with Gasteiger partial charge in [0.2, 0.25) is 5.91 Å².